The molecule has 0 aromatic heterocycles. The maximum atomic E-state index is 14.0. The molecule has 2 N–H and O–H groups in total. The molecule has 20 heavy (non-hydrogen) atoms. The van der Waals surface area contributed by atoms with Crippen LogP contribution in [0.5, 0.6) is 0 Å². The van der Waals surface area contributed by atoms with Crippen LogP contribution in [0.3, 0.4) is 0 Å². The number of halogens is 1. The van der Waals surface area contributed by atoms with E-state index in [1.807, 2.05) is 6.07 Å². The highest BCUT2D eigenvalue weighted by atomic mass is 19.1. The first-order valence-corrected chi connectivity index (χ1v) is 7.53. The molecule has 2 amide bonds. The van der Waals surface area contributed by atoms with Crippen molar-refractivity contribution < 1.29 is 9.18 Å². The van der Waals surface area contributed by atoms with Gasteiger partial charge in [-0.15, -0.1) is 0 Å². The quantitative estimate of drug-likeness (QED) is 0.872. The highest BCUT2D eigenvalue weighted by molar-refractivity contribution is 5.75. The molecule has 3 rings (SSSR count). The fraction of sp³-hybridized carbons (Fsp3) is 0.562. The lowest BCUT2D eigenvalue weighted by atomic mass is 9.71. The number of hydrogen-bond donors (Lipinski definition) is 2. The molecule has 1 aromatic carbocycles. The highest BCUT2D eigenvalue weighted by Crippen LogP contribution is 2.42. The Labute approximate surface area is 118 Å². The van der Waals surface area contributed by atoms with E-state index in [0.717, 1.165) is 32.1 Å². The van der Waals surface area contributed by atoms with E-state index in [9.17, 15) is 9.18 Å². The lowest BCUT2D eigenvalue weighted by Crippen LogP contribution is -2.55. The van der Waals surface area contributed by atoms with Crippen LogP contribution < -0.4 is 10.6 Å². The van der Waals surface area contributed by atoms with Gasteiger partial charge in [0, 0.05) is 11.6 Å². The number of amides is 2. The van der Waals surface area contributed by atoms with E-state index in [0.29, 0.717) is 5.56 Å². The summed E-state index contributed by atoms with van der Waals surface area (Å²) in [4.78, 5) is 12.1. The molecule has 0 unspecified atom stereocenters. The van der Waals surface area contributed by atoms with Gasteiger partial charge in [-0.05, 0) is 38.2 Å². The second-order valence-electron chi connectivity index (χ2n) is 6.00. The number of carbonyl (C=O) groups excluding carboxylic acids is 1. The topological polar surface area (TPSA) is 41.1 Å². The Hall–Kier alpha value is -1.58. The molecule has 108 valence electrons. The zero-order valence-corrected chi connectivity index (χ0v) is 11.6. The molecule has 1 aromatic rings. The molecule has 2 saturated carbocycles. The third-order valence-electron chi connectivity index (χ3n) is 4.64. The predicted octanol–water partition coefficient (Wildman–Crippen LogP) is 3.45. The van der Waals surface area contributed by atoms with Gasteiger partial charge in [0.1, 0.15) is 5.82 Å². The normalized spacial score (nSPS) is 21.2. The molecule has 0 radical (unpaired) electrons. The number of urea groups is 1. The van der Waals surface area contributed by atoms with E-state index >= 15 is 0 Å². The van der Waals surface area contributed by atoms with Gasteiger partial charge in [0.25, 0.3) is 0 Å². The van der Waals surface area contributed by atoms with Crippen LogP contribution in [0, 0.1) is 5.82 Å². The second kappa shape index (κ2) is 5.43. The molecule has 0 saturated heterocycles. The zero-order chi connectivity index (χ0) is 14.0. The lowest BCUT2D eigenvalue weighted by molar-refractivity contribution is 0.171. The molecule has 3 nitrogen and oxygen atoms in total. The Morgan fingerprint density at radius 1 is 1.15 bits per heavy atom. The van der Waals surface area contributed by atoms with Crippen molar-refractivity contribution in [3.05, 3.63) is 35.6 Å². The number of hydrogen-bond acceptors (Lipinski definition) is 1. The summed E-state index contributed by atoms with van der Waals surface area (Å²) >= 11 is 0. The van der Waals surface area contributed by atoms with Crippen LogP contribution in [0.1, 0.15) is 50.5 Å². The minimum Gasteiger partial charge on any atom is -0.335 e. The average Bonchev–Trinajstić information content (AvgIpc) is 2.88. The molecule has 0 bridgehead atoms. The molecule has 2 fully saturated rings. The summed E-state index contributed by atoms with van der Waals surface area (Å²) in [6.45, 7) is 0. The van der Waals surface area contributed by atoms with Gasteiger partial charge in [-0.3, -0.25) is 0 Å². The van der Waals surface area contributed by atoms with Crippen molar-refractivity contribution in [2.24, 2.45) is 0 Å². The van der Waals surface area contributed by atoms with Gasteiger partial charge in [-0.25, -0.2) is 9.18 Å². The van der Waals surface area contributed by atoms with E-state index in [1.165, 1.54) is 18.9 Å². The Morgan fingerprint density at radius 3 is 2.45 bits per heavy atom. The smallest absolute Gasteiger partial charge is 0.315 e. The number of nitrogens with one attached hydrogen (secondary N) is 2. The SMILES string of the molecule is O=C(NC1CCCC1)NC1(c2ccccc2F)CCC1. The van der Waals surface area contributed by atoms with E-state index in [1.54, 1.807) is 12.1 Å². The molecule has 0 atom stereocenters. The summed E-state index contributed by atoms with van der Waals surface area (Å²) < 4.78 is 14.0. The van der Waals surface area contributed by atoms with E-state index in [-0.39, 0.29) is 17.9 Å². The summed E-state index contributed by atoms with van der Waals surface area (Å²) in [7, 11) is 0. The Kier molecular flexibility index (Phi) is 3.64. The first-order valence-electron chi connectivity index (χ1n) is 7.53. The summed E-state index contributed by atoms with van der Waals surface area (Å²) in [5, 5.41) is 6.04. The molecule has 2 aliphatic rings. The monoisotopic (exact) mass is 276 g/mol. The van der Waals surface area contributed by atoms with Gasteiger partial charge < -0.3 is 10.6 Å². The third-order valence-corrected chi connectivity index (χ3v) is 4.64. The summed E-state index contributed by atoms with van der Waals surface area (Å²) in [5.74, 6) is -0.228. The van der Waals surface area contributed by atoms with Gasteiger partial charge in [-0.2, -0.15) is 0 Å². The average molecular weight is 276 g/mol. The highest BCUT2D eigenvalue weighted by Gasteiger charge is 2.42. The minimum absolute atomic E-state index is 0.153. The molecule has 2 aliphatic carbocycles. The maximum Gasteiger partial charge on any atom is 0.315 e. The van der Waals surface area contributed by atoms with E-state index in [4.69, 9.17) is 0 Å². The third kappa shape index (κ3) is 2.51. The van der Waals surface area contributed by atoms with Crippen LogP contribution in [-0.2, 0) is 5.54 Å². The first-order chi connectivity index (χ1) is 9.70. The summed E-state index contributed by atoms with van der Waals surface area (Å²) in [5.41, 5.74) is 0.112. The first kappa shape index (κ1) is 13.4. The van der Waals surface area contributed by atoms with Crippen LogP contribution in [0.25, 0.3) is 0 Å². The van der Waals surface area contributed by atoms with Crippen molar-refractivity contribution >= 4 is 6.03 Å². The Balaban J connectivity index is 1.70. The fourth-order valence-corrected chi connectivity index (χ4v) is 3.35. The van der Waals surface area contributed by atoms with Crippen LogP contribution >= 0.6 is 0 Å². The molecule has 0 heterocycles. The van der Waals surface area contributed by atoms with Crippen LogP contribution in [-0.4, -0.2) is 12.1 Å². The van der Waals surface area contributed by atoms with Gasteiger partial charge in [-0.1, -0.05) is 31.0 Å². The lowest BCUT2D eigenvalue weighted by Gasteiger charge is -2.43. The van der Waals surface area contributed by atoms with Crippen molar-refractivity contribution in [1.29, 1.82) is 0 Å². The molecular weight excluding hydrogens is 255 g/mol. The van der Waals surface area contributed by atoms with Crippen LogP contribution in [0.15, 0.2) is 24.3 Å². The van der Waals surface area contributed by atoms with Crippen LogP contribution in [0.2, 0.25) is 0 Å². The van der Waals surface area contributed by atoms with Crippen molar-refractivity contribution in [2.45, 2.75) is 56.5 Å². The zero-order valence-electron chi connectivity index (χ0n) is 11.6. The molecule has 0 aliphatic heterocycles. The van der Waals surface area contributed by atoms with Crippen molar-refractivity contribution in [3.8, 4) is 0 Å². The largest absolute Gasteiger partial charge is 0.335 e. The van der Waals surface area contributed by atoms with Gasteiger partial charge in [0.05, 0.1) is 5.54 Å². The predicted molar refractivity (Wildman–Crippen MR) is 75.9 cm³/mol. The van der Waals surface area contributed by atoms with Gasteiger partial charge >= 0.3 is 6.03 Å². The molecule has 4 heteroatoms. The van der Waals surface area contributed by atoms with Gasteiger partial charge in [0.15, 0.2) is 0 Å². The fourth-order valence-electron chi connectivity index (χ4n) is 3.35. The van der Waals surface area contributed by atoms with Gasteiger partial charge in [0.2, 0.25) is 0 Å². The van der Waals surface area contributed by atoms with Crippen molar-refractivity contribution in [3.63, 3.8) is 0 Å². The van der Waals surface area contributed by atoms with E-state index in [2.05, 4.69) is 10.6 Å². The van der Waals surface area contributed by atoms with Crippen molar-refractivity contribution in [2.75, 3.05) is 0 Å². The number of carbonyl (C=O) groups is 1. The van der Waals surface area contributed by atoms with E-state index < -0.39 is 5.54 Å². The summed E-state index contributed by atoms with van der Waals surface area (Å²) in [6.07, 6.45) is 7.13. The number of rotatable bonds is 3. The van der Waals surface area contributed by atoms with Crippen LogP contribution in [0.4, 0.5) is 9.18 Å². The summed E-state index contributed by atoms with van der Waals surface area (Å²) in [6, 6.07) is 6.89. The Morgan fingerprint density at radius 2 is 1.85 bits per heavy atom. The molecule has 0 spiro atoms. The minimum atomic E-state index is -0.506. The Bertz CT molecular complexity index is 493. The standard InChI is InChI=1S/C16H21FN2O/c17-14-9-4-3-8-13(14)16(10-5-11-16)19-15(20)18-12-6-1-2-7-12/h3-4,8-9,12H,1-2,5-7,10-11H2,(H2,18,19,20). The number of benzene rings is 1. The maximum absolute atomic E-state index is 14.0. The van der Waals surface area contributed by atoms with Crippen molar-refractivity contribution in [1.82, 2.24) is 10.6 Å². The second-order valence-corrected chi connectivity index (χ2v) is 6.00. The molecular formula is C16H21FN2O.